The van der Waals surface area contributed by atoms with Gasteiger partial charge in [-0.3, -0.25) is 4.79 Å². The second-order valence-corrected chi connectivity index (χ2v) is 4.82. The van der Waals surface area contributed by atoms with Crippen LogP contribution in [0.5, 0.6) is 0 Å². The van der Waals surface area contributed by atoms with Gasteiger partial charge in [0.15, 0.2) is 0 Å². The quantitative estimate of drug-likeness (QED) is 0.930. The van der Waals surface area contributed by atoms with Crippen LogP contribution in [0.3, 0.4) is 0 Å². The van der Waals surface area contributed by atoms with Crippen molar-refractivity contribution in [2.45, 2.75) is 19.8 Å². The molecule has 4 nitrogen and oxygen atoms in total. The van der Waals surface area contributed by atoms with Gasteiger partial charge in [-0.2, -0.15) is 5.26 Å². The molecule has 0 aliphatic carbocycles. The minimum Gasteiger partial charge on any atom is -0.358 e. The average molecular weight is 273 g/mol. The largest absolute Gasteiger partial charge is 0.358 e. The first-order chi connectivity index (χ1) is 9.52. The zero-order chi connectivity index (χ0) is 14.7. The molecule has 0 atom stereocenters. The summed E-state index contributed by atoms with van der Waals surface area (Å²) in [6, 6.07) is 6.52. The summed E-state index contributed by atoms with van der Waals surface area (Å²) >= 11 is 0. The Morgan fingerprint density at radius 1 is 1.50 bits per heavy atom. The maximum atomic E-state index is 13.3. The van der Waals surface area contributed by atoms with E-state index < -0.39 is 0 Å². The number of amides is 1. The maximum absolute atomic E-state index is 13.3. The Hall–Kier alpha value is -2.35. The molecule has 0 fully saturated rings. The molecule has 0 spiro atoms. The van der Waals surface area contributed by atoms with Crippen LogP contribution in [0.25, 0.3) is 10.9 Å². The van der Waals surface area contributed by atoms with Gasteiger partial charge < -0.3 is 9.88 Å². The molecule has 0 radical (unpaired) electrons. The molecule has 20 heavy (non-hydrogen) atoms. The van der Waals surface area contributed by atoms with E-state index in [1.54, 1.807) is 13.1 Å². The van der Waals surface area contributed by atoms with Gasteiger partial charge >= 0.3 is 0 Å². The normalized spacial score (nSPS) is 10.5. The first kappa shape index (κ1) is 14.1. The summed E-state index contributed by atoms with van der Waals surface area (Å²) in [5.74, 6) is -0.392. The molecule has 1 N–H and O–H groups in total. The van der Waals surface area contributed by atoms with Crippen LogP contribution >= 0.6 is 0 Å². The van der Waals surface area contributed by atoms with Gasteiger partial charge in [0.05, 0.1) is 18.9 Å². The zero-order valence-corrected chi connectivity index (χ0v) is 11.5. The fourth-order valence-corrected chi connectivity index (χ4v) is 2.21. The number of carbonyl (C=O) groups is 1. The van der Waals surface area contributed by atoms with E-state index in [0.29, 0.717) is 13.0 Å². The Kier molecular flexibility index (Phi) is 4.04. The monoisotopic (exact) mass is 273 g/mol. The van der Waals surface area contributed by atoms with Crippen molar-refractivity contribution in [1.82, 2.24) is 9.88 Å². The number of likely N-dealkylation sites (N-methyl/N-ethyl adjacent to an activating group) is 1. The van der Waals surface area contributed by atoms with Gasteiger partial charge in [0.2, 0.25) is 5.91 Å². The lowest BCUT2D eigenvalue weighted by Crippen LogP contribution is -2.29. The topological polar surface area (TPSA) is 59.9 Å². The second kappa shape index (κ2) is 5.74. The van der Waals surface area contributed by atoms with E-state index in [1.165, 1.54) is 17.0 Å². The summed E-state index contributed by atoms with van der Waals surface area (Å²) in [6.45, 7) is 2.28. The van der Waals surface area contributed by atoms with Crippen LogP contribution in [0, 0.1) is 24.1 Å². The molecule has 5 heteroatoms. The van der Waals surface area contributed by atoms with Gasteiger partial charge in [-0.25, -0.2) is 4.39 Å². The van der Waals surface area contributed by atoms with E-state index in [-0.39, 0.29) is 18.1 Å². The highest BCUT2D eigenvalue weighted by Gasteiger charge is 2.15. The van der Waals surface area contributed by atoms with Gasteiger partial charge in [-0.1, -0.05) is 0 Å². The van der Waals surface area contributed by atoms with Crippen molar-refractivity contribution >= 4 is 16.8 Å². The van der Waals surface area contributed by atoms with Gasteiger partial charge in [0.1, 0.15) is 5.82 Å². The molecule has 0 saturated heterocycles. The van der Waals surface area contributed by atoms with Crippen LogP contribution in [-0.2, 0) is 11.2 Å². The van der Waals surface area contributed by atoms with Gasteiger partial charge in [0, 0.05) is 30.2 Å². The summed E-state index contributed by atoms with van der Waals surface area (Å²) < 4.78 is 13.3. The van der Waals surface area contributed by atoms with E-state index in [0.717, 1.165) is 22.2 Å². The maximum Gasteiger partial charge on any atom is 0.226 e. The van der Waals surface area contributed by atoms with Gasteiger partial charge in [0.25, 0.3) is 0 Å². The van der Waals surface area contributed by atoms with Crippen molar-refractivity contribution in [2.24, 2.45) is 0 Å². The highest BCUT2D eigenvalue weighted by atomic mass is 19.1. The summed E-state index contributed by atoms with van der Waals surface area (Å²) in [5.41, 5.74) is 2.51. The first-order valence-electron chi connectivity index (χ1n) is 6.40. The number of aromatic nitrogens is 1. The number of rotatable bonds is 4. The molecular weight excluding hydrogens is 257 g/mol. The third-order valence-corrected chi connectivity index (χ3v) is 3.39. The van der Waals surface area contributed by atoms with Crippen molar-refractivity contribution in [3.63, 3.8) is 0 Å². The van der Waals surface area contributed by atoms with Crippen LogP contribution in [0.1, 0.15) is 17.7 Å². The summed E-state index contributed by atoms with van der Waals surface area (Å²) in [4.78, 5) is 16.8. The minimum atomic E-state index is -0.317. The van der Waals surface area contributed by atoms with E-state index in [1.807, 2.05) is 13.0 Å². The molecule has 1 aromatic heterocycles. The molecule has 0 saturated carbocycles. The number of halogens is 1. The van der Waals surface area contributed by atoms with E-state index in [9.17, 15) is 9.18 Å². The Morgan fingerprint density at radius 3 is 2.95 bits per heavy atom. The molecule has 0 unspecified atom stereocenters. The highest BCUT2D eigenvalue weighted by molar-refractivity contribution is 5.90. The Balaban J connectivity index is 2.25. The summed E-state index contributed by atoms with van der Waals surface area (Å²) in [5, 5.41) is 9.28. The lowest BCUT2D eigenvalue weighted by Gasteiger charge is -2.15. The van der Waals surface area contributed by atoms with Gasteiger partial charge in [-0.15, -0.1) is 0 Å². The molecule has 1 amide bonds. The third kappa shape index (κ3) is 2.80. The molecule has 1 heterocycles. The number of nitrogens with zero attached hydrogens (tertiary/aromatic N) is 2. The molecule has 1 aromatic carbocycles. The number of H-pyrrole nitrogens is 1. The fraction of sp³-hybridized carbons (Fsp3) is 0.333. The Bertz CT molecular complexity index is 684. The molecule has 2 aromatic rings. The van der Waals surface area contributed by atoms with E-state index >= 15 is 0 Å². The number of nitriles is 1. The predicted molar refractivity (Wildman–Crippen MR) is 74.6 cm³/mol. The summed E-state index contributed by atoms with van der Waals surface area (Å²) in [6.07, 6.45) is 0.515. The fourth-order valence-electron chi connectivity index (χ4n) is 2.21. The number of aromatic amines is 1. The van der Waals surface area contributed by atoms with Crippen LogP contribution < -0.4 is 0 Å². The van der Waals surface area contributed by atoms with Crippen LogP contribution in [0.15, 0.2) is 18.2 Å². The third-order valence-electron chi connectivity index (χ3n) is 3.39. The number of nitrogens with one attached hydrogen (secondary N) is 1. The van der Waals surface area contributed by atoms with Crippen LogP contribution in [0.2, 0.25) is 0 Å². The lowest BCUT2D eigenvalue weighted by atomic mass is 10.1. The molecular formula is C15H16FN3O. The SMILES string of the molecule is Cc1[nH]c2ccc(F)cc2c1CC(=O)N(C)CCC#N. The molecule has 0 aliphatic heterocycles. The van der Waals surface area contributed by atoms with E-state index in [4.69, 9.17) is 5.26 Å². The van der Waals surface area contributed by atoms with E-state index in [2.05, 4.69) is 4.98 Å². The molecule has 2 rings (SSSR count). The molecule has 0 bridgehead atoms. The lowest BCUT2D eigenvalue weighted by molar-refractivity contribution is -0.129. The zero-order valence-electron chi connectivity index (χ0n) is 11.5. The minimum absolute atomic E-state index is 0.0755. The van der Waals surface area contributed by atoms with Crippen molar-refractivity contribution in [3.8, 4) is 6.07 Å². The number of aryl methyl sites for hydroxylation is 1. The number of hydrogen-bond donors (Lipinski definition) is 1. The smallest absolute Gasteiger partial charge is 0.226 e. The van der Waals surface area contributed by atoms with Crippen LogP contribution in [0.4, 0.5) is 4.39 Å². The van der Waals surface area contributed by atoms with Crippen LogP contribution in [-0.4, -0.2) is 29.4 Å². The number of fused-ring (bicyclic) bond motifs is 1. The van der Waals surface area contributed by atoms with Crippen molar-refractivity contribution in [2.75, 3.05) is 13.6 Å². The average Bonchev–Trinajstić information content (AvgIpc) is 2.72. The van der Waals surface area contributed by atoms with Gasteiger partial charge in [-0.05, 0) is 30.7 Å². The Labute approximate surface area is 116 Å². The number of carbonyl (C=O) groups excluding carboxylic acids is 1. The Morgan fingerprint density at radius 2 is 2.25 bits per heavy atom. The molecule has 104 valence electrons. The summed E-state index contributed by atoms with van der Waals surface area (Å²) in [7, 11) is 1.67. The highest BCUT2D eigenvalue weighted by Crippen LogP contribution is 2.23. The van der Waals surface area contributed by atoms with Crippen molar-refractivity contribution < 1.29 is 9.18 Å². The standard InChI is InChI=1S/C15H16FN3O/c1-10-12(9-15(20)19(2)7-3-6-17)13-8-11(16)4-5-14(13)18-10/h4-5,8,18H,3,7,9H2,1-2H3. The first-order valence-corrected chi connectivity index (χ1v) is 6.40. The van der Waals surface area contributed by atoms with Crippen molar-refractivity contribution in [1.29, 1.82) is 5.26 Å². The second-order valence-electron chi connectivity index (χ2n) is 4.82. The van der Waals surface area contributed by atoms with Crippen molar-refractivity contribution in [3.05, 3.63) is 35.3 Å². The number of hydrogen-bond acceptors (Lipinski definition) is 2. The number of benzene rings is 1. The molecule has 0 aliphatic rings. The predicted octanol–water partition coefficient (Wildman–Crippen LogP) is 2.53.